The molecule has 2 aromatic rings. The Hall–Kier alpha value is -2.20. The van der Waals surface area contributed by atoms with E-state index in [1.165, 1.54) is 0 Å². The summed E-state index contributed by atoms with van der Waals surface area (Å²) in [4.78, 5) is 15.9. The number of rotatable bonds is 7. The molecule has 0 spiro atoms. The van der Waals surface area contributed by atoms with Gasteiger partial charge in [0.25, 0.3) is 0 Å². The summed E-state index contributed by atoms with van der Waals surface area (Å²) in [6.07, 6.45) is 5.17. The van der Waals surface area contributed by atoms with Crippen LogP contribution in [0.3, 0.4) is 0 Å². The lowest BCUT2D eigenvalue weighted by atomic mass is 10.1. The topological polar surface area (TPSA) is 62.2 Å². The van der Waals surface area contributed by atoms with Crippen LogP contribution < -0.4 is 5.32 Å². The lowest BCUT2D eigenvalue weighted by Crippen LogP contribution is -2.39. The minimum atomic E-state index is -0.239. The second-order valence-electron chi connectivity index (χ2n) is 4.99. The Bertz CT molecular complexity index is 543. The Kier molecular flexibility index (Phi) is 5.91. The van der Waals surface area contributed by atoms with E-state index in [-0.39, 0.29) is 18.6 Å². The number of pyridine rings is 1. The summed E-state index contributed by atoms with van der Waals surface area (Å²) in [7, 11) is 0. The largest absolute Gasteiger partial charge is 0.394 e. The number of aliphatic hydroxyl groups excluding tert-OH is 1. The maximum absolute atomic E-state index is 11.9. The Labute approximate surface area is 124 Å². The van der Waals surface area contributed by atoms with E-state index in [0.29, 0.717) is 19.3 Å². The second-order valence-corrected chi connectivity index (χ2v) is 4.99. The molecule has 1 aromatic carbocycles. The first-order valence-electron chi connectivity index (χ1n) is 7.11. The highest BCUT2D eigenvalue weighted by atomic mass is 16.3. The highest BCUT2D eigenvalue weighted by Crippen LogP contribution is 2.04. The number of benzene rings is 1. The van der Waals surface area contributed by atoms with Crippen LogP contribution in [0, 0.1) is 0 Å². The molecule has 110 valence electrons. The normalized spacial score (nSPS) is 11.9. The summed E-state index contributed by atoms with van der Waals surface area (Å²) in [5.74, 6) is -0.0400. The monoisotopic (exact) mass is 284 g/mol. The first-order valence-corrected chi connectivity index (χ1v) is 7.11. The van der Waals surface area contributed by atoms with Gasteiger partial charge in [0, 0.05) is 18.8 Å². The van der Waals surface area contributed by atoms with Crippen molar-refractivity contribution in [3.8, 4) is 0 Å². The van der Waals surface area contributed by atoms with Gasteiger partial charge in [-0.3, -0.25) is 9.78 Å². The molecule has 1 heterocycles. The molecule has 2 N–H and O–H groups in total. The Morgan fingerprint density at radius 2 is 1.81 bits per heavy atom. The van der Waals surface area contributed by atoms with Gasteiger partial charge in [0.15, 0.2) is 0 Å². The molecular formula is C17H20N2O2. The van der Waals surface area contributed by atoms with Crippen LogP contribution in [0.15, 0.2) is 54.9 Å². The molecule has 0 aliphatic heterocycles. The van der Waals surface area contributed by atoms with E-state index in [9.17, 15) is 9.90 Å². The maximum Gasteiger partial charge on any atom is 0.220 e. The molecule has 0 bridgehead atoms. The average molecular weight is 284 g/mol. The van der Waals surface area contributed by atoms with Crippen molar-refractivity contribution in [1.29, 1.82) is 0 Å². The van der Waals surface area contributed by atoms with Crippen molar-refractivity contribution in [1.82, 2.24) is 10.3 Å². The standard InChI is InChI=1S/C17H20N2O2/c20-13-16(12-15-4-2-1-3-5-15)19-17(21)7-6-14-8-10-18-11-9-14/h1-5,8-11,16,20H,6-7,12-13H2,(H,19,21)/t16-/m1/s1. The zero-order valence-electron chi connectivity index (χ0n) is 11.9. The molecule has 0 fully saturated rings. The van der Waals surface area contributed by atoms with Gasteiger partial charge in [-0.05, 0) is 36.1 Å². The summed E-state index contributed by atoms with van der Waals surface area (Å²) in [6.45, 7) is -0.0596. The Morgan fingerprint density at radius 1 is 1.10 bits per heavy atom. The van der Waals surface area contributed by atoms with Crippen molar-refractivity contribution in [2.75, 3.05) is 6.61 Å². The van der Waals surface area contributed by atoms with Gasteiger partial charge in [-0.2, -0.15) is 0 Å². The number of nitrogens with one attached hydrogen (secondary N) is 1. The molecule has 0 saturated heterocycles. The Balaban J connectivity index is 1.80. The minimum absolute atomic E-state index is 0.0400. The van der Waals surface area contributed by atoms with Crippen molar-refractivity contribution >= 4 is 5.91 Å². The van der Waals surface area contributed by atoms with E-state index in [2.05, 4.69) is 10.3 Å². The van der Waals surface area contributed by atoms with E-state index in [0.717, 1.165) is 11.1 Å². The molecule has 0 radical (unpaired) electrons. The summed E-state index contributed by atoms with van der Waals surface area (Å²) in [5.41, 5.74) is 2.19. The number of aromatic nitrogens is 1. The van der Waals surface area contributed by atoms with Gasteiger partial charge < -0.3 is 10.4 Å². The van der Waals surface area contributed by atoms with E-state index in [1.807, 2.05) is 42.5 Å². The number of carbonyl (C=O) groups excluding carboxylic acids is 1. The minimum Gasteiger partial charge on any atom is -0.394 e. The molecular weight excluding hydrogens is 264 g/mol. The molecule has 0 aliphatic carbocycles. The third-order valence-electron chi connectivity index (χ3n) is 3.30. The van der Waals surface area contributed by atoms with Crippen molar-refractivity contribution < 1.29 is 9.90 Å². The highest BCUT2D eigenvalue weighted by molar-refractivity contribution is 5.76. The highest BCUT2D eigenvalue weighted by Gasteiger charge is 2.12. The number of amides is 1. The number of aryl methyl sites for hydroxylation is 1. The average Bonchev–Trinajstić information content (AvgIpc) is 2.54. The van der Waals surface area contributed by atoms with E-state index in [1.54, 1.807) is 12.4 Å². The second kappa shape index (κ2) is 8.17. The summed E-state index contributed by atoms with van der Waals surface area (Å²) >= 11 is 0. The number of carbonyl (C=O) groups is 1. The van der Waals surface area contributed by atoms with Crippen LogP contribution in [-0.2, 0) is 17.6 Å². The fourth-order valence-electron chi connectivity index (χ4n) is 2.17. The number of aliphatic hydroxyl groups is 1. The van der Waals surface area contributed by atoms with Crippen molar-refractivity contribution in [2.45, 2.75) is 25.3 Å². The number of hydrogen-bond acceptors (Lipinski definition) is 3. The van der Waals surface area contributed by atoms with Crippen LogP contribution in [0.1, 0.15) is 17.5 Å². The summed E-state index contributed by atoms with van der Waals surface area (Å²) in [6, 6.07) is 13.4. The lowest BCUT2D eigenvalue weighted by molar-refractivity contribution is -0.122. The molecule has 4 heteroatoms. The molecule has 0 saturated carbocycles. The van der Waals surface area contributed by atoms with E-state index in [4.69, 9.17) is 0 Å². The van der Waals surface area contributed by atoms with Gasteiger partial charge >= 0.3 is 0 Å². The third-order valence-corrected chi connectivity index (χ3v) is 3.30. The number of hydrogen-bond donors (Lipinski definition) is 2. The quantitative estimate of drug-likeness (QED) is 0.814. The molecule has 2 rings (SSSR count). The predicted octanol–water partition coefficient (Wildman–Crippen LogP) is 1.73. The third kappa shape index (κ3) is 5.36. The molecule has 1 amide bonds. The SMILES string of the molecule is O=C(CCc1ccncc1)N[C@@H](CO)Cc1ccccc1. The zero-order valence-corrected chi connectivity index (χ0v) is 11.9. The molecule has 0 aliphatic rings. The zero-order chi connectivity index (χ0) is 14.9. The van der Waals surface area contributed by atoms with Gasteiger partial charge in [-0.1, -0.05) is 30.3 Å². The molecule has 1 aromatic heterocycles. The predicted molar refractivity (Wildman–Crippen MR) is 81.7 cm³/mol. The molecule has 4 nitrogen and oxygen atoms in total. The first-order chi connectivity index (χ1) is 10.3. The van der Waals surface area contributed by atoms with Crippen LogP contribution in [0.25, 0.3) is 0 Å². The van der Waals surface area contributed by atoms with Crippen LogP contribution in [0.5, 0.6) is 0 Å². The van der Waals surface area contributed by atoms with Gasteiger partial charge in [-0.25, -0.2) is 0 Å². The molecule has 21 heavy (non-hydrogen) atoms. The van der Waals surface area contributed by atoms with Gasteiger partial charge in [0.1, 0.15) is 0 Å². The first kappa shape index (κ1) is 15.2. The fraction of sp³-hybridized carbons (Fsp3) is 0.294. The van der Waals surface area contributed by atoms with Crippen LogP contribution in [0.2, 0.25) is 0 Å². The van der Waals surface area contributed by atoms with Crippen LogP contribution in [0.4, 0.5) is 0 Å². The lowest BCUT2D eigenvalue weighted by Gasteiger charge is -2.16. The van der Waals surface area contributed by atoms with E-state index < -0.39 is 0 Å². The number of nitrogens with zero attached hydrogens (tertiary/aromatic N) is 1. The van der Waals surface area contributed by atoms with Gasteiger partial charge in [0.2, 0.25) is 5.91 Å². The van der Waals surface area contributed by atoms with Crippen LogP contribution in [-0.4, -0.2) is 28.6 Å². The smallest absolute Gasteiger partial charge is 0.220 e. The van der Waals surface area contributed by atoms with Gasteiger partial charge in [0.05, 0.1) is 12.6 Å². The maximum atomic E-state index is 11.9. The van der Waals surface area contributed by atoms with Crippen molar-refractivity contribution in [3.05, 3.63) is 66.0 Å². The van der Waals surface area contributed by atoms with Crippen molar-refractivity contribution in [2.24, 2.45) is 0 Å². The Morgan fingerprint density at radius 3 is 2.48 bits per heavy atom. The van der Waals surface area contributed by atoms with Crippen LogP contribution >= 0.6 is 0 Å². The van der Waals surface area contributed by atoms with Gasteiger partial charge in [-0.15, -0.1) is 0 Å². The molecule has 1 atom stereocenters. The fourth-order valence-corrected chi connectivity index (χ4v) is 2.17. The van der Waals surface area contributed by atoms with Crippen molar-refractivity contribution in [3.63, 3.8) is 0 Å². The summed E-state index contributed by atoms with van der Waals surface area (Å²) < 4.78 is 0. The van der Waals surface area contributed by atoms with E-state index >= 15 is 0 Å². The molecule has 0 unspecified atom stereocenters. The summed E-state index contributed by atoms with van der Waals surface area (Å²) in [5, 5.41) is 12.3.